The van der Waals surface area contributed by atoms with Gasteiger partial charge in [0.15, 0.2) is 0 Å². The highest BCUT2D eigenvalue weighted by Crippen LogP contribution is 2.37. The van der Waals surface area contributed by atoms with Gasteiger partial charge in [-0.05, 0) is 30.5 Å². The minimum absolute atomic E-state index is 0.0814. The van der Waals surface area contributed by atoms with E-state index in [-0.39, 0.29) is 11.7 Å². The lowest BCUT2D eigenvalue weighted by Gasteiger charge is -2.37. The maximum atomic E-state index is 11.6. The number of ether oxygens (including phenoxy) is 2. The molecule has 2 fully saturated rings. The molecule has 0 aromatic carbocycles. The van der Waals surface area contributed by atoms with Crippen molar-refractivity contribution in [2.24, 2.45) is 0 Å². The van der Waals surface area contributed by atoms with Crippen LogP contribution in [-0.2, 0) is 26.1 Å². The molecule has 22 heavy (non-hydrogen) atoms. The third kappa shape index (κ3) is 3.65. The van der Waals surface area contributed by atoms with E-state index < -0.39 is 10.0 Å². The Kier molecular flexibility index (Phi) is 4.49. The predicted octanol–water partition coefficient (Wildman–Crippen LogP) is 1.18. The Labute approximate surface area is 131 Å². The molecule has 0 amide bonds. The van der Waals surface area contributed by atoms with Crippen LogP contribution in [0.4, 0.5) is 0 Å². The molecule has 0 radical (unpaired) electrons. The first kappa shape index (κ1) is 15.9. The van der Waals surface area contributed by atoms with Crippen molar-refractivity contribution < 1.29 is 17.9 Å². The molecule has 1 atom stereocenters. The van der Waals surface area contributed by atoms with Crippen molar-refractivity contribution in [1.29, 1.82) is 0 Å². The normalized spacial score (nSPS) is 25.6. The monoisotopic (exact) mass is 326 g/mol. The standard InChI is InChI=1S/C15H22N2O4S/c1-22(18,19)17-8-4-15(5-9-17)10-14(12-21-15)20-11-13-2-6-16-7-3-13/h2-3,6-7,14H,4-5,8-12H2,1H3/t14-/m0/s1. The fourth-order valence-corrected chi connectivity index (χ4v) is 4.02. The molecule has 0 aliphatic carbocycles. The Morgan fingerprint density at radius 1 is 1.36 bits per heavy atom. The van der Waals surface area contributed by atoms with Crippen LogP contribution in [0.25, 0.3) is 0 Å². The second-order valence-electron chi connectivity index (χ2n) is 6.15. The van der Waals surface area contributed by atoms with E-state index in [9.17, 15) is 8.42 Å². The molecule has 1 spiro atoms. The van der Waals surface area contributed by atoms with Crippen molar-refractivity contribution in [3.63, 3.8) is 0 Å². The molecule has 6 nitrogen and oxygen atoms in total. The van der Waals surface area contributed by atoms with E-state index in [0.717, 1.165) is 24.8 Å². The molecule has 0 bridgehead atoms. The lowest BCUT2D eigenvalue weighted by Crippen LogP contribution is -2.46. The van der Waals surface area contributed by atoms with Crippen LogP contribution in [-0.4, -0.2) is 55.4 Å². The lowest BCUT2D eigenvalue weighted by atomic mass is 9.89. The van der Waals surface area contributed by atoms with Crippen LogP contribution in [0.15, 0.2) is 24.5 Å². The van der Waals surface area contributed by atoms with Crippen molar-refractivity contribution in [1.82, 2.24) is 9.29 Å². The second-order valence-corrected chi connectivity index (χ2v) is 8.13. The van der Waals surface area contributed by atoms with Gasteiger partial charge in [0.2, 0.25) is 10.0 Å². The van der Waals surface area contributed by atoms with E-state index in [0.29, 0.717) is 26.3 Å². The van der Waals surface area contributed by atoms with E-state index >= 15 is 0 Å². The number of hydrogen-bond donors (Lipinski definition) is 0. The van der Waals surface area contributed by atoms with Crippen molar-refractivity contribution in [3.8, 4) is 0 Å². The molecule has 2 saturated heterocycles. The summed E-state index contributed by atoms with van der Waals surface area (Å²) in [6, 6.07) is 3.88. The summed E-state index contributed by atoms with van der Waals surface area (Å²) in [6.45, 7) is 2.22. The van der Waals surface area contributed by atoms with Crippen LogP contribution >= 0.6 is 0 Å². The molecular weight excluding hydrogens is 304 g/mol. The first-order valence-corrected chi connectivity index (χ1v) is 9.41. The largest absolute Gasteiger partial charge is 0.372 e. The number of sulfonamides is 1. The third-order valence-electron chi connectivity index (χ3n) is 4.51. The first-order chi connectivity index (χ1) is 10.5. The summed E-state index contributed by atoms with van der Waals surface area (Å²) in [4.78, 5) is 3.99. The topological polar surface area (TPSA) is 68.7 Å². The van der Waals surface area contributed by atoms with Gasteiger partial charge in [-0.15, -0.1) is 0 Å². The van der Waals surface area contributed by atoms with Gasteiger partial charge in [-0.2, -0.15) is 0 Å². The Balaban J connectivity index is 1.50. The average Bonchev–Trinajstić information content (AvgIpc) is 2.89. The summed E-state index contributed by atoms with van der Waals surface area (Å²) < 4.78 is 36.6. The molecule has 7 heteroatoms. The van der Waals surface area contributed by atoms with Crippen LogP contribution in [0.3, 0.4) is 0 Å². The number of nitrogens with zero attached hydrogens (tertiary/aromatic N) is 2. The van der Waals surface area contributed by atoms with Crippen molar-refractivity contribution in [3.05, 3.63) is 30.1 Å². The maximum Gasteiger partial charge on any atom is 0.211 e. The van der Waals surface area contributed by atoms with Gasteiger partial charge < -0.3 is 9.47 Å². The van der Waals surface area contributed by atoms with Crippen LogP contribution in [0.1, 0.15) is 24.8 Å². The summed E-state index contributed by atoms with van der Waals surface area (Å²) in [5.41, 5.74) is 0.896. The Bertz CT molecular complexity index is 597. The van der Waals surface area contributed by atoms with Crippen molar-refractivity contribution in [2.45, 2.75) is 37.6 Å². The van der Waals surface area contributed by atoms with E-state index in [1.54, 1.807) is 12.4 Å². The smallest absolute Gasteiger partial charge is 0.211 e. The quantitative estimate of drug-likeness (QED) is 0.831. The van der Waals surface area contributed by atoms with Gasteiger partial charge in [-0.1, -0.05) is 0 Å². The summed E-state index contributed by atoms with van der Waals surface area (Å²) >= 11 is 0. The van der Waals surface area contributed by atoms with E-state index in [1.165, 1.54) is 10.6 Å². The van der Waals surface area contributed by atoms with Crippen LogP contribution < -0.4 is 0 Å². The van der Waals surface area contributed by atoms with E-state index in [1.807, 2.05) is 12.1 Å². The SMILES string of the molecule is CS(=O)(=O)N1CCC2(CC1)C[C@H](OCc1ccncc1)CO2. The summed E-state index contributed by atoms with van der Waals surface area (Å²) in [6.07, 6.45) is 7.19. The third-order valence-corrected chi connectivity index (χ3v) is 5.82. The Hall–Kier alpha value is -1.02. The van der Waals surface area contributed by atoms with Crippen LogP contribution in [0.5, 0.6) is 0 Å². The summed E-state index contributed by atoms with van der Waals surface area (Å²) in [5.74, 6) is 0. The molecule has 2 aliphatic rings. The van der Waals surface area contributed by atoms with Gasteiger partial charge in [0, 0.05) is 31.9 Å². The molecule has 1 aromatic rings. The van der Waals surface area contributed by atoms with Gasteiger partial charge in [0.25, 0.3) is 0 Å². The zero-order valence-corrected chi connectivity index (χ0v) is 13.6. The number of aromatic nitrogens is 1. The molecule has 0 saturated carbocycles. The summed E-state index contributed by atoms with van der Waals surface area (Å²) in [5, 5.41) is 0. The number of pyridine rings is 1. The molecule has 3 heterocycles. The number of piperidine rings is 1. The molecule has 122 valence electrons. The van der Waals surface area contributed by atoms with Crippen LogP contribution in [0, 0.1) is 0 Å². The fraction of sp³-hybridized carbons (Fsp3) is 0.667. The van der Waals surface area contributed by atoms with Crippen molar-refractivity contribution in [2.75, 3.05) is 26.0 Å². The lowest BCUT2D eigenvalue weighted by molar-refractivity contribution is -0.0342. The van der Waals surface area contributed by atoms with E-state index in [4.69, 9.17) is 9.47 Å². The van der Waals surface area contributed by atoms with Gasteiger partial charge in [0.05, 0.1) is 31.2 Å². The molecule has 3 rings (SSSR count). The Morgan fingerprint density at radius 2 is 2.05 bits per heavy atom. The second kappa shape index (κ2) is 6.23. The van der Waals surface area contributed by atoms with Gasteiger partial charge in [0.1, 0.15) is 0 Å². The minimum atomic E-state index is -3.09. The highest BCUT2D eigenvalue weighted by molar-refractivity contribution is 7.88. The molecular formula is C15H22N2O4S. The fourth-order valence-electron chi connectivity index (χ4n) is 3.18. The predicted molar refractivity (Wildman–Crippen MR) is 81.8 cm³/mol. The highest BCUT2D eigenvalue weighted by Gasteiger charge is 2.44. The molecule has 2 aliphatic heterocycles. The minimum Gasteiger partial charge on any atom is -0.372 e. The van der Waals surface area contributed by atoms with Gasteiger partial charge in [-0.25, -0.2) is 12.7 Å². The first-order valence-electron chi connectivity index (χ1n) is 7.56. The molecule has 0 N–H and O–H groups in total. The zero-order valence-electron chi connectivity index (χ0n) is 12.8. The highest BCUT2D eigenvalue weighted by atomic mass is 32.2. The number of rotatable bonds is 4. The Morgan fingerprint density at radius 3 is 2.68 bits per heavy atom. The average molecular weight is 326 g/mol. The molecule has 1 aromatic heterocycles. The maximum absolute atomic E-state index is 11.6. The van der Waals surface area contributed by atoms with Crippen LogP contribution in [0.2, 0.25) is 0 Å². The van der Waals surface area contributed by atoms with Gasteiger partial charge in [-0.3, -0.25) is 4.98 Å². The molecule has 0 unspecified atom stereocenters. The van der Waals surface area contributed by atoms with E-state index in [2.05, 4.69) is 4.98 Å². The van der Waals surface area contributed by atoms with Gasteiger partial charge >= 0.3 is 0 Å². The summed E-state index contributed by atoms with van der Waals surface area (Å²) in [7, 11) is -3.09. The zero-order chi connectivity index (χ0) is 15.6. The van der Waals surface area contributed by atoms with Crippen molar-refractivity contribution >= 4 is 10.0 Å². The number of hydrogen-bond acceptors (Lipinski definition) is 5.